The van der Waals surface area contributed by atoms with Crippen LogP contribution < -0.4 is 0 Å². The first-order valence-corrected chi connectivity index (χ1v) is 11.0. The van der Waals surface area contributed by atoms with E-state index in [1.165, 1.54) is 0 Å². The fourth-order valence-electron chi connectivity index (χ4n) is 5.64. The Hall–Kier alpha value is -0.280. The topological polar surface area (TPSA) is 0 Å². The van der Waals surface area contributed by atoms with E-state index in [-0.39, 0.29) is 35.5 Å². The second-order valence-electron chi connectivity index (χ2n) is 8.89. The molecule has 3 saturated carbocycles. The van der Waals surface area contributed by atoms with Gasteiger partial charge in [-0.15, -0.1) is 0 Å². The van der Waals surface area contributed by atoms with E-state index in [9.17, 15) is 17.6 Å². The number of halogens is 4. The van der Waals surface area contributed by atoms with Crippen molar-refractivity contribution < 1.29 is 17.6 Å². The van der Waals surface area contributed by atoms with E-state index >= 15 is 0 Å². The fraction of sp³-hybridized carbons (Fsp3) is 1.00. The van der Waals surface area contributed by atoms with Gasteiger partial charge in [-0.05, 0) is 86.9 Å². The molecule has 0 spiro atoms. The van der Waals surface area contributed by atoms with Gasteiger partial charge in [0.1, 0.15) is 24.7 Å². The fourth-order valence-corrected chi connectivity index (χ4v) is 5.64. The summed E-state index contributed by atoms with van der Waals surface area (Å²) < 4.78 is 56.8. The van der Waals surface area contributed by atoms with Crippen LogP contribution >= 0.6 is 0 Å². The predicted molar refractivity (Wildman–Crippen MR) is 100 cm³/mol. The van der Waals surface area contributed by atoms with Gasteiger partial charge in [-0.1, -0.05) is 27.7 Å². The Morgan fingerprint density at radius 3 is 1.08 bits per heavy atom. The molecule has 4 heteroatoms. The van der Waals surface area contributed by atoms with Gasteiger partial charge in [0.25, 0.3) is 0 Å². The summed E-state index contributed by atoms with van der Waals surface area (Å²) in [4.78, 5) is 0. The van der Waals surface area contributed by atoms with Crippen LogP contribution in [0.3, 0.4) is 0 Å². The third-order valence-electron chi connectivity index (χ3n) is 7.45. The molecule has 0 aromatic rings. The zero-order chi connectivity index (χ0) is 19.4. The molecule has 0 aromatic heterocycles. The lowest BCUT2D eigenvalue weighted by Gasteiger charge is -2.44. The Bertz CT molecular complexity index is 369. The van der Waals surface area contributed by atoms with E-state index in [2.05, 4.69) is 0 Å². The number of hydrogen-bond acceptors (Lipinski definition) is 0. The number of hydrogen-bond donors (Lipinski definition) is 0. The van der Waals surface area contributed by atoms with Gasteiger partial charge >= 0.3 is 0 Å². The average Bonchev–Trinajstić information content (AvgIpc) is 2.66. The van der Waals surface area contributed by atoms with Gasteiger partial charge in [-0.3, -0.25) is 0 Å². The molecule has 3 rings (SSSR count). The first kappa shape index (κ1) is 22.0. The van der Waals surface area contributed by atoms with Crippen LogP contribution in [0.5, 0.6) is 0 Å². The average molecular weight is 379 g/mol. The number of rotatable bonds is 2. The summed E-state index contributed by atoms with van der Waals surface area (Å²) in [5, 5.41) is 0. The second-order valence-corrected chi connectivity index (χ2v) is 8.89. The quantitative estimate of drug-likeness (QED) is 0.443. The highest BCUT2D eigenvalue weighted by Gasteiger charge is 2.45. The predicted octanol–water partition coefficient (Wildman–Crippen LogP) is 7.26. The normalized spacial score (nSPS) is 49.8. The van der Waals surface area contributed by atoms with Crippen molar-refractivity contribution >= 4 is 0 Å². The molecule has 0 N–H and O–H groups in total. The van der Waals surface area contributed by atoms with E-state index in [0.29, 0.717) is 0 Å². The van der Waals surface area contributed by atoms with Crippen molar-refractivity contribution in [3.8, 4) is 0 Å². The minimum atomic E-state index is -1.34. The van der Waals surface area contributed by atoms with Crippen molar-refractivity contribution in [3.63, 3.8) is 0 Å². The molecule has 0 aromatic carbocycles. The van der Waals surface area contributed by atoms with Crippen LogP contribution in [0.2, 0.25) is 0 Å². The lowest BCUT2D eigenvalue weighted by Crippen LogP contribution is -2.43. The Morgan fingerprint density at radius 1 is 0.462 bits per heavy atom. The lowest BCUT2D eigenvalue weighted by atomic mass is 9.64. The zero-order valence-electron chi connectivity index (χ0n) is 16.9. The van der Waals surface area contributed by atoms with Gasteiger partial charge in [-0.2, -0.15) is 0 Å². The maximum absolute atomic E-state index is 14.4. The van der Waals surface area contributed by atoms with Crippen LogP contribution in [0.4, 0.5) is 17.6 Å². The molecule has 0 aliphatic heterocycles. The van der Waals surface area contributed by atoms with E-state index in [0.717, 1.165) is 51.4 Å². The molecule has 154 valence electrons. The summed E-state index contributed by atoms with van der Waals surface area (Å²) in [6, 6.07) is 0. The molecule has 3 fully saturated rings. The summed E-state index contributed by atoms with van der Waals surface area (Å²) >= 11 is 0. The third kappa shape index (κ3) is 4.58. The van der Waals surface area contributed by atoms with Gasteiger partial charge in [-0.25, -0.2) is 17.6 Å². The van der Waals surface area contributed by atoms with Gasteiger partial charge < -0.3 is 0 Å². The largest absolute Gasteiger partial charge is 0.244 e. The first-order valence-electron chi connectivity index (χ1n) is 11.0. The molecule has 0 amide bonds. The van der Waals surface area contributed by atoms with Crippen LogP contribution in [0.25, 0.3) is 0 Å². The van der Waals surface area contributed by atoms with Crippen molar-refractivity contribution in [1.82, 2.24) is 0 Å². The van der Waals surface area contributed by atoms with E-state index < -0.39 is 24.7 Å². The minimum Gasteiger partial charge on any atom is -0.244 e. The molecule has 3 aliphatic carbocycles. The van der Waals surface area contributed by atoms with Gasteiger partial charge in [0.05, 0.1) is 0 Å². The van der Waals surface area contributed by atoms with E-state index in [1.54, 1.807) is 13.8 Å². The van der Waals surface area contributed by atoms with Crippen molar-refractivity contribution in [3.05, 3.63) is 0 Å². The molecule has 0 bridgehead atoms. The summed E-state index contributed by atoms with van der Waals surface area (Å²) in [6.07, 6.45) is 1.16. The summed E-state index contributed by atoms with van der Waals surface area (Å²) in [7, 11) is 0. The first-order chi connectivity index (χ1) is 12.4. The molecule has 0 radical (unpaired) electrons. The van der Waals surface area contributed by atoms with Crippen LogP contribution in [0.15, 0.2) is 0 Å². The molecule has 3 aliphatic rings. The molecular weight excluding hydrogens is 340 g/mol. The maximum Gasteiger partial charge on any atom is 0.134 e. The van der Waals surface area contributed by atoms with Crippen molar-refractivity contribution in [1.29, 1.82) is 0 Å². The van der Waals surface area contributed by atoms with E-state index in [4.69, 9.17) is 0 Å². The van der Waals surface area contributed by atoms with Crippen LogP contribution in [0.1, 0.15) is 79.1 Å². The highest BCUT2D eigenvalue weighted by atomic mass is 19.2. The minimum absolute atomic E-state index is 0.168. The van der Waals surface area contributed by atoms with Crippen LogP contribution in [0, 0.1) is 35.5 Å². The maximum atomic E-state index is 14.4. The zero-order valence-corrected chi connectivity index (χ0v) is 16.9. The van der Waals surface area contributed by atoms with Crippen LogP contribution in [-0.4, -0.2) is 24.7 Å². The van der Waals surface area contributed by atoms with Gasteiger partial charge in [0.2, 0.25) is 0 Å². The van der Waals surface area contributed by atoms with E-state index in [1.807, 2.05) is 13.8 Å². The highest BCUT2D eigenvalue weighted by Crippen LogP contribution is 2.48. The highest BCUT2D eigenvalue weighted by molar-refractivity contribution is 4.94. The smallest absolute Gasteiger partial charge is 0.134 e. The van der Waals surface area contributed by atoms with Crippen LogP contribution in [-0.2, 0) is 0 Å². The summed E-state index contributed by atoms with van der Waals surface area (Å²) in [6.45, 7) is 7.59. The van der Waals surface area contributed by atoms with Crippen molar-refractivity contribution in [2.24, 2.45) is 35.5 Å². The number of alkyl halides is 4. The Balaban J connectivity index is 0.00000117. The monoisotopic (exact) mass is 378 g/mol. The standard InChI is InChI=1S/C20H32F4.C2H6/c1-11-3-9-15(19(23)17(11)21)13-5-7-14(8-6-13)16-10-4-12(2)18(22)20(16)24;1-2/h11-20H,3-10H2,1-2H3;1-2H3. The molecule has 0 nitrogen and oxygen atoms in total. The third-order valence-corrected chi connectivity index (χ3v) is 7.45. The Morgan fingerprint density at radius 2 is 0.769 bits per heavy atom. The van der Waals surface area contributed by atoms with Crippen molar-refractivity contribution in [2.45, 2.75) is 104 Å². The second kappa shape index (κ2) is 9.78. The summed E-state index contributed by atoms with van der Waals surface area (Å²) in [5.41, 5.74) is 0. The molecule has 0 saturated heterocycles. The lowest BCUT2D eigenvalue weighted by molar-refractivity contribution is -0.0282. The summed E-state index contributed by atoms with van der Waals surface area (Å²) in [5.74, 6) is -0.235. The Kier molecular flexibility index (Phi) is 8.28. The Labute approximate surface area is 157 Å². The molecule has 8 unspecified atom stereocenters. The van der Waals surface area contributed by atoms with Crippen molar-refractivity contribution in [2.75, 3.05) is 0 Å². The molecule has 8 atom stereocenters. The SMILES string of the molecule is CC.CC1CCC(C2CCC(C3CCC(C)C(F)C3F)CC2)C(F)C1F. The molecular formula is C22H38F4. The molecule has 26 heavy (non-hydrogen) atoms. The van der Waals surface area contributed by atoms with Gasteiger partial charge in [0.15, 0.2) is 0 Å². The van der Waals surface area contributed by atoms with Gasteiger partial charge in [0, 0.05) is 0 Å². The molecule has 0 heterocycles.